The summed E-state index contributed by atoms with van der Waals surface area (Å²) >= 11 is 6.15. The molecule has 0 amide bonds. The first-order valence-electron chi connectivity index (χ1n) is 6.15. The average Bonchev–Trinajstić information content (AvgIpc) is 2.61. The third-order valence-electron chi connectivity index (χ3n) is 3.28. The highest BCUT2D eigenvalue weighted by Gasteiger charge is 2.21. The Hall–Kier alpha value is -0.540. The topological polar surface area (TPSA) is 43.8 Å². The van der Waals surface area contributed by atoms with E-state index < -0.39 is 0 Å². The van der Waals surface area contributed by atoms with Crippen LogP contribution in [-0.2, 0) is 6.54 Å². The molecule has 16 heavy (non-hydrogen) atoms. The minimum atomic E-state index is 0.119. The predicted octanol–water partition coefficient (Wildman–Crippen LogP) is 2.93. The van der Waals surface area contributed by atoms with Crippen molar-refractivity contribution in [3.63, 3.8) is 0 Å². The Bertz CT molecular complexity index is 340. The van der Waals surface area contributed by atoms with Crippen molar-refractivity contribution < 1.29 is 0 Å². The van der Waals surface area contributed by atoms with Gasteiger partial charge in [0.25, 0.3) is 0 Å². The van der Waals surface area contributed by atoms with Gasteiger partial charge in [-0.05, 0) is 19.8 Å². The number of aromatic nitrogens is 2. The lowest BCUT2D eigenvalue weighted by atomic mass is 9.88. The summed E-state index contributed by atoms with van der Waals surface area (Å²) in [4.78, 5) is 4.47. The van der Waals surface area contributed by atoms with Crippen molar-refractivity contribution >= 4 is 11.6 Å². The van der Waals surface area contributed by atoms with E-state index in [0.717, 1.165) is 17.5 Å². The maximum Gasteiger partial charge on any atom is 0.128 e. The lowest BCUT2D eigenvalue weighted by Gasteiger charge is -2.23. The lowest BCUT2D eigenvalue weighted by molar-refractivity contribution is 0.410. The van der Waals surface area contributed by atoms with E-state index in [2.05, 4.69) is 9.55 Å². The van der Waals surface area contributed by atoms with Gasteiger partial charge in [-0.1, -0.05) is 30.9 Å². The molecule has 2 rings (SSSR count). The van der Waals surface area contributed by atoms with Crippen molar-refractivity contribution in [2.24, 2.45) is 5.73 Å². The molecule has 1 aromatic heterocycles. The van der Waals surface area contributed by atoms with E-state index in [-0.39, 0.29) is 6.04 Å². The fourth-order valence-corrected chi connectivity index (χ4v) is 2.73. The number of imidazole rings is 1. The predicted molar refractivity (Wildman–Crippen MR) is 66.7 cm³/mol. The second kappa shape index (κ2) is 5.19. The monoisotopic (exact) mass is 241 g/mol. The van der Waals surface area contributed by atoms with E-state index in [1.165, 1.54) is 32.1 Å². The van der Waals surface area contributed by atoms with E-state index in [4.69, 9.17) is 17.3 Å². The maximum atomic E-state index is 6.15. The van der Waals surface area contributed by atoms with Crippen LogP contribution in [0.5, 0.6) is 0 Å². The molecule has 1 atom stereocenters. The number of rotatable bonds is 3. The number of hydrogen-bond acceptors (Lipinski definition) is 2. The van der Waals surface area contributed by atoms with E-state index >= 15 is 0 Å². The Morgan fingerprint density at radius 3 is 2.81 bits per heavy atom. The molecule has 0 radical (unpaired) electrons. The molecule has 3 nitrogen and oxygen atoms in total. The van der Waals surface area contributed by atoms with E-state index in [9.17, 15) is 0 Å². The smallest absolute Gasteiger partial charge is 0.128 e. The summed E-state index contributed by atoms with van der Waals surface area (Å²) in [5.41, 5.74) is 5.84. The molecule has 0 aromatic carbocycles. The van der Waals surface area contributed by atoms with Gasteiger partial charge in [-0.3, -0.25) is 0 Å². The minimum absolute atomic E-state index is 0.119. The fraction of sp³-hybridized carbons (Fsp3) is 0.750. The van der Waals surface area contributed by atoms with Crippen molar-refractivity contribution in [1.29, 1.82) is 0 Å². The molecule has 1 heterocycles. The Morgan fingerprint density at radius 2 is 2.19 bits per heavy atom. The van der Waals surface area contributed by atoms with Crippen LogP contribution in [0.4, 0.5) is 0 Å². The Balaban J connectivity index is 2.18. The molecule has 0 bridgehead atoms. The van der Waals surface area contributed by atoms with E-state index in [0.29, 0.717) is 5.92 Å². The second-order valence-electron chi connectivity index (χ2n) is 4.86. The highest BCUT2D eigenvalue weighted by Crippen LogP contribution is 2.33. The molecule has 0 spiro atoms. The molecule has 1 saturated carbocycles. The van der Waals surface area contributed by atoms with Crippen LogP contribution in [0.3, 0.4) is 0 Å². The molecule has 1 aromatic rings. The van der Waals surface area contributed by atoms with Gasteiger partial charge in [-0.15, -0.1) is 0 Å². The summed E-state index contributed by atoms with van der Waals surface area (Å²) < 4.78 is 2.09. The SMILES string of the molecule is CC(N)Cn1c(Cl)cnc1C1CCCCC1. The maximum absolute atomic E-state index is 6.15. The highest BCUT2D eigenvalue weighted by molar-refractivity contribution is 6.29. The van der Waals surface area contributed by atoms with Crippen molar-refractivity contribution in [3.05, 3.63) is 17.2 Å². The molecular formula is C12H20ClN3. The first-order chi connectivity index (χ1) is 7.68. The molecule has 0 saturated heterocycles. The van der Waals surface area contributed by atoms with Crippen molar-refractivity contribution in [2.75, 3.05) is 0 Å². The zero-order chi connectivity index (χ0) is 11.5. The Kier molecular flexibility index (Phi) is 3.87. The van der Waals surface area contributed by atoms with Crippen LogP contribution in [0, 0.1) is 0 Å². The standard InChI is InChI=1S/C12H20ClN3/c1-9(14)8-16-11(13)7-15-12(16)10-5-3-2-4-6-10/h7,9-10H,2-6,8,14H2,1H3. The quantitative estimate of drug-likeness (QED) is 0.884. The third-order valence-corrected chi connectivity index (χ3v) is 3.58. The van der Waals surface area contributed by atoms with Crippen LogP contribution in [0.25, 0.3) is 0 Å². The van der Waals surface area contributed by atoms with Crippen molar-refractivity contribution in [1.82, 2.24) is 9.55 Å². The second-order valence-corrected chi connectivity index (χ2v) is 5.25. The van der Waals surface area contributed by atoms with Gasteiger partial charge in [0.05, 0.1) is 6.20 Å². The van der Waals surface area contributed by atoms with Crippen LogP contribution in [0.15, 0.2) is 6.20 Å². The first kappa shape index (κ1) is 11.9. The van der Waals surface area contributed by atoms with Crippen molar-refractivity contribution in [2.45, 2.75) is 57.5 Å². The van der Waals surface area contributed by atoms with Gasteiger partial charge in [-0.2, -0.15) is 0 Å². The third kappa shape index (κ3) is 2.58. The Morgan fingerprint density at radius 1 is 1.50 bits per heavy atom. The highest BCUT2D eigenvalue weighted by atomic mass is 35.5. The fourth-order valence-electron chi connectivity index (χ4n) is 2.52. The van der Waals surface area contributed by atoms with Crippen LogP contribution < -0.4 is 5.73 Å². The van der Waals surface area contributed by atoms with Gasteiger partial charge in [0.1, 0.15) is 11.0 Å². The van der Waals surface area contributed by atoms with Crippen LogP contribution in [0.1, 0.15) is 50.8 Å². The molecule has 1 aliphatic carbocycles. The summed E-state index contributed by atoms with van der Waals surface area (Å²) in [6.45, 7) is 2.77. The lowest BCUT2D eigenvalue weighted by Crippen LogP contribution is -2.24. The molecular weight excluding hydrogens is 222 g/mol. The van der Waals surface area contributed by atoms with Gasteiger partial charge in [0.15, 0.2) is 0 Å². The molecule has 90 valence electrons. The number of hydrogen-bond donors (Lipinski definition) is 1. The van der Waals surface area contributed by atoms with Gasteiger partial charge in [0, 0.05) is 18.5 Å². The first-order valence-corrected chi connectivity index (χ1v) is 6.52. The van der Waals surface area contributed by atoms with E-state index in [1.54, 1.807) is 6.20 Å². The molecule has 0 aliphatic heterocycles. The van der Waals surface area contributed by atoms with Gasteiger partial charge in [0.2, 0.25) is 0 Å². The zero-order valence-corrected chi connectivity index (χ0v) is 10.6. The number of nitrogens with zero attached hydrogens (tertiary/aromatic N) is 2. The molecule has 4 heteroatoms. The van der Waals surface area contributed by atoms with E-state index in [1.807, 2.05) is 6.92 Å². The summed E-state index contributed by atoms with van der Waals surface area (Å²) in [7, 11) is 0. The molecule has 1 aliphatic rings. The number of halogens is 1. The summed E-state index contributed by atoms with van der Waals surface area (Å²) in [5.74, 6) is 1.72. The van der Waals surface area contributed by atoms with Gasteiger partial charge in [-0.25, -0.2) is 4.98 Å². The Labute approximate surface area is 102 Å². The van der Waals surface area contributed by atoms with Crippen LogP contribution >= 0.6 is 11.6 Å². The average molecular weight is 242 g/mol. The number of nitrogens with two attached hydrogens (primary N) is 1. The summed E-state index contributed by atoms with van der Waals surface area (Å²) in [6.07, 6.45) is 8.23. The van der Waals surface area contributed by atoms with Crippen molar-refractivity contribution in [3.8, 4) is 0 Å². The minimum Gasteiger partial charge on any atom is -0.326 e. The molecule has 1 fully saturated rings. The summed E-state index contributed by atoms with van der Waals surface area (Å²) in [6, 6.07) is 0.119. The van der Waals surface area contributed by atoms with Gasteiger partial charge < -0.3 is 10.3 Å². The van der Waals surface area contributed by atoms with Gasteiger partial charge >= 0.3 is 0 Å². The van der Waals surface area contributed by atoms with Crippen LogP contribution in [-0.4, -0.2) is 15.6 Å². The molecule has 2 N–H and O–H groups in total. The largest absolute Gasteiger partial charge is 0.326 e. The molecule has 1 unspecified atom stereocenters. The van der Waals surface area contributed by atoms with Crippen LogP contribution in [0.2, 0.25) is 5.15 Å². The normalized spacial score (nSPS) is 19.9. The zero-order valence-electron chi connectivity index (χ0n) is 9.82. The summed E-state index contributed by atoms with van der Waals surface area (Å²) in [5, 5.41) is 0.720.